The molecule has 1 atom stereocenters. The fourth-order valence-corrected chi connectivity index (χ4v) is 4.79. The maximum atomic E-state index is 13.5. The Labute approximate surface area is 248 Å². The van der Waals surface area contributed by atoms with Gasteiger partial charge in [-0.1, -0.05) is 59.6 Å². The van der Waals surface area contributed by atoms with Gasteiger partial charge in [0, 0.05) is 36.3 Å². The molecule has 0 aromatic heterocycles. The molecule has 212 valence electrons. The first-order chi connectivity index (χ1) is 19.7. The van der Waals surface area contributed by atoms with Gasteiger partial charge in [0.05, 0.1) is 10.6 Å². The topological polar surface area (TPSA) is 78.9 Å². The van der Waals surface area contributed by atoms with Crippen LogP contribution < -0.4 is 15.0 Å². The number of hydrogen-bond acceptors (Lipinski definition) is 4. The number of amides is 1. The summed E-state index contributed by atoms with van der Waals surface area (Å²) in [6.07, 6.45) is 0.0942. The number of anilines is 1. The van der Waals surface area contributed by atoms with Crippen LogP contribution in [0.25, 0.3) is 11.1 Å². The average Bonchev–Trinajstić information content (AvgIpc) is 2.96. The number of carbonyl (C=O) groups is 2. The van der Waals surface area contributed by atoms with Gasteiger partial charge in [-0.2, -0.15) is 0 Å². The number of halogens is 3. The van der Waals surface area contributed by atoms with E-state index in [-0.39, 0.29) is 11.4 Å². The van der Waals surface area contributed by atoms with Crippen molar-refractivity contribution >= 4 is 40.8 Å². The Hall–Kier alpha value is -4.07. The van der Waals surface area contributed by atoms with E-state index in [0.29, 0.717) is 40.9 Å². The van der Waals surface area contributed by atoms with Crippen molar-refractivity contribution < 1.29 is 23.8 Å². The molecule has 41 heavy (non-hydrogen) atoms. The fraction of sp³-hybridized carbons (Fsp3) is 0.188. The lowest BCUT2D eigenvalue weighted by atomic mass is 10.00. The summed E-state index contributed by atoms with van der Waals surface area (Å²) in [7, 11) is 0. The minimum atomic E-state index is -1.14. The number of hydrogen-bond donors (Lipinski definition) is 2. The highest BCUT2D eigenvalue weighted by Gasteiger charge is 2.24. The number of aliphatic carboxylic acids is 1. The standard InChI is InChI=1S/C32H29Cl2FN2O4/c1-3-37(4-2)30-15-12-23(33)18-26(30)31(38)36-29(32(39)40)16-20-8-10-21(11-9-20)22-6-5-7-24(17-22)41-25-13-14-28(35)27(34)19-25/h5-15,17-19,29H,3-4,16H2,1-2H3,(H,36,38)(H,39,40)/t29-/m0/s1. The van der Waals surface area contributed by atoms with E-state index in [0.717, 1.165) is 16.7 Å². The Kier molecular flexibility index (Phi) is 9.86. The van der Waals surface area contributed by atoms with Crippen molar-refractivity contribution in [3.63, 3.8) is 0 Å². The molecular weight excluding hydrogens is 566 g/mol. The molecule has 0 aliphatic heterocycles. The van der Waals surface area contributed by atoms with E-state index in [9.17, 15) is 19.1 Å². The van der Waals surface area contributed by atoms with Crippen LogP contribution in [0.3, 0.4) is 0 Å². The third-order valence-electron chi connectivity index (χ3n) is 6.60. The monoisotopic (exact) mass is 594 g/mol. The van der Waals surface area contributed by atoms with E-state index in [2.05, 4.69) is 5.32 Å². The zero-order valence-corrected chi connectivity index (χ0v) is 24.0. The predicted molar refractivity (Wildman–Crippen MR) is 161 cm³/mol. The van der Waals surface area contributed by atoms with Crippen LogP contribution in [0.5, 0.6) is 11.5 Å². The second-order valence-corrected chi connectivity index (χ2v) is 10.1. The summed E-state index contributed by atoms with van der Waals surface area (Å²) >= 11 is 12.0. The second-order valence-electron chi connectivity index (χ2n) is 9.30. The highest BCUT2D eigenvalue weighted by atomic mass is 35.5. The third-order valence-corrected chi connectivity index (χ3v) is 7.12. The number of nitrogens with zero attached hydrogens (tertiary/aromatic N) is 1. The summed E-state index contributed by atoms with van der Waals surface area (Å²) in [5.74, 6) is -1.20. The van der Waals surface area contributed by atoms with Crippen LogP contribution in [0.2, 0.25) is 10.0 Å². The smallest absolute Gasteiger partial charge is 0.326 e. The Balaban J connectivity index is 1.48. The van der Waals surface area contributed by atoms with Crippen LogP contribution in [0, 0.1) is 5.82 Å². The molecule has 4 aromatic carbocycles. The first-order valence-corrected chi connectivity index (χ1v) is 13.8. The molecule has 0 bridgehead atoms. The number of ether oxygens (including phenoxy) is 1. The van der Waals surface area contributed by atoms with Crippen LogP contribution in [0.15, 0.2) is 84.9 Å². The molecule has 0 unspecified atom stereocenters. The number of carboxylic acid groups (broad SMARTS) is 1. The van der Waals surface area contributed by atoms with Crippen molar-refractivity contribution in [3.05, 3.63) is 112 Å². The van der Waals surface area contributed by atoms with E-state index in [1.54, 1.807) is 24.3 Å². The van der Waals surface area contributed by atoms with Crippen molar-refractivity contribution in [2.75, 3.05) is 18.0 Å². The van der Waals surface area contributed by atoms with Gasteiger partial charge in [-0.15, -0.1) is 0 Å². The maximum absolute atomic E-state index is 13.5. The number of carboxylic acids is 1. The Morgan fingerprint density at radius 1 is 0.902 bits per heavy atom. The van der Waals surface area contributed by atoms with E-state index < -0.39 is 23.7 Å². The molecule has 0 fully saturated rings. The largest absolute Gasteiger partial charge is 0.480 e. The SMILES string of the molecule is CCN(CC)c1ccc(Cl)cc1C(=O)N[C@@H](Cc1ccc(-c2cccc(Oc3ccc(F)c(Cl)c3)c2)cc1)C(=O)O. The molecule has 0 aliphatic rings. The van der Waals surface area contributed by atoms with Crippen molar-refractivity contribution in [1.82, 2.24) is 5.32 Å². The lowest BCUT2D eigenvalue weighted by Gasteiger charge is -2.24. The molecule has 0 spiro atoms. The van der Waals surface area contributed by atoms with Crippen LogP contribution in [-0.4, -0.2) is 36.1 Å². The van der Waals surface area contributed by atoms with Gasteiger partial charge in [-0.25, -0.2) is 9.18 Å². The molecule has 1 amide bonds. The van der Waals surface area contributed by atoms with Gasteiger partial charge in [0.2, 0.25) is 0 Å². The summed E-state index contributed by atoms with van der Waals surface area (Å²) in [6, 6.07) is 22.8. The first kappa shape index (κ1) is 29.9. The number of benzene rings is 4. The molecular formula is C32H29Cl2FN2O4. The summed E-state index contributed by atoms with van der Waals surface area (Å²) < 4.78 is 19.3. The molecule has 4 rings (SSSR count). The maximum Gasteiger partial charge on any atom is 0.326 e. The zero-order chi connectivity index (χ0) is 29.5. The summed E-state index contributed by atoms with van der Waals surface area (Å²) in [5, 5.41) is 12.9. The van der Waals surface area contributed by atoms with Crippen LogP contribution in [0.4, 0.5) is 10.1 Å². The lowest BCUT2D eigenvalue weighted by Crippen LogP contribution is -2.42. The van der Waals surface area contributed by atoms with Crippen molar-refractivity contribution in [2.24, 2.45) is 0 Å². The molecule has 9 heteroatoms. The van der Waals surface area contributed by atoms with Gasteiger partial charge in [-0.05, 0) is 73.0 Å². The van der Waals surface area contributed by atoms with Gasteiger partial charge in [0.1, 0.15) is 23.4 Å². The molecule has 4 aromatic rings. The molecule has 2 N–H and O–H groups in total. The van der Waals surface area contributed by atoms with Crippen LogP contribution in [0.1, 0.15) is 29.8 Å². The normalized spacial score (nSPS) is 11.5. The Bertz CT molecular complexity index is 1540. The van der Waals surface area contributed by atoms with Gasteiger partial charge < -0.3 is 20.1 Å². The summed E-state index contributed by atoms with van der Waals surface area (Å²) in [5.41, 5.74) is 3.52. The van der Waals surface area contributed by atoms with Gasteiger partial charge in [0.15, 0.2) is 0 Å². The van der Waals surface area contributed by atoms with Crippen molar-refractivity contribution in [3.8, 4) is 22.6 Å². The molecule has 0 aliphatic carbocycles. The van der Waals surface area contributed by atoms with Crippen LogP contribution in [-0.2, 0) is 11.2 Å². The van der Waals surface area contributed by atoms with Crippen molar-refractivity contribution in [1.29, 1.82) is 0 Å². The molecule has 0 saturated carbocycles. The van der Waals surface area contributed by atoms with Gasteiger partial charge in [-0.3, -0.25) is 4.79 Å². The van der Waals surface area contributed by atoms with E-state index in [1.165, 1.54) is 18.2 Å². The summed E-state index contributed by atoms with van der Waals surface area (Å²) in [6.45, 7) is 5.33. The molecule has 0 saturated heterocycles. The van der Waals surface area contributed by atoms with E-state index >= 15 is 0 Å². The zero-order valence-electron chi connectivity index (χ0n) is 22.5. The average molecular weight is 595 g/mol. The minimum absolute atomic E-state index is 0.0259. The number of rotatable bonds is 11. The molecule has 0 radical (unpaired) electrons. The highest BCUT2D eigenvalue weighted by Crippen LogP contribution is 2.30. The second kappa shape index (κ2) is 13.5. The van der Waals surface area contributed by atoms with E-state index in [4.69, 9.17) is 27.9 Å². The number of carbonyl (C=O) groups excluding carboxylic acids is 1. The molecule has 6 nitrogen and oxygen atoms in total. The molecule has 0 heterocycles. The predicted octanol–water partition coefficient (Wildman–Crippen LogP) is 7.86. The fourth-order valence-electron chi connectivity index (χ4n) is 4.45. The minimum Gasteiger partial charge on any atom is -0.480 e. The Morgan fingerprint density at radius 3 is 2.27 bits per heavy atom. The first-order valence-electron chi connectivity index (χ1n) is 13.1. The highest BCUT2D eigenvalue weighted by molar-refractivity contribution is 6.31. The summed E-state index contributed by atoms with van der Waals surface area (Å²) in [4.78, 5) is 27.3. The lowest BCUT2D eigenvalue weighted by molar-refractivity contribution is -0.139. The third kappa shape index (κ3) is 7.57. The van der Waals surface area contributed by atoms with E-state index in [1.807, 2.05) is 61.2 Å². The van der Waals surface area contributed by atoms with Gasteiger partial charge >= 0.3 is 5.97 Å². The van der Waals surface area contributed by atoms with Crippen LogP contribution >= 0.6 is 23.2 Å². The Morgan fingerprint density at radius 2 is 1.61 bits per heavy atom. The van der Waals surface area contributed by atoms with Crippen molar-refractivity contribution in [2.45, 2.75) is 26.3 Å². The quantitative estimate of drug-likeness (QED) is 0.185. The number of nitrogens with one attached hydrogen (secondary N) is 1. The van der Waals surface area contributed by atoms with Gasteiger partial charge in [0.25, 0.3) is 5.91 Å².